The maximum Gasteiger partial charge on any atom is 0.295 e. The molecule has 2 aromatic heterocycles. The fourth-order valence-electron chi connectivity index (χ4n) is 3.15. The molecule has 1 atom stereocenters. The van der Waals surface area contributed by atoms with E-state index >= 15 is 0 Å². The van der Waals surface area contributed by atoms with E-state index in [1.165, 1.54) is 18.7 Å². The Morgan fingerprint density at radius 1 is 1.36 bits per heavy atom. The van der Waals surface area contributed by atoms with Gasteiger partial charge in [-0.2, -0.15) is 4.98 Å². The minimum atomic E-state index is 0.540. The number of imidazole rings is 1. The van der Waals surface area contributed by atoms with Gasteiger partial charge in [-0.05, 0) is 38.0 Å². The molecule has 0 saturated heterocycles. The zero-order valence-electron chi connectivity index (χ0n) is 13.0. The van der Waals surface area contributed by atoms with E-state index in [2.05, 4.69) is 40.1 Å². The average molecular weight is 296 g/mol. The fraction of sp³-hybridized carbons (Fsp3) is 0.412. The number of oxazole rings is 1. The highest BCUT2D eigenvalue weighted by atomic mass is 16.4. The molecule has 0 bridgehead atoms. The van der Waals surface area contributed by atoms with Gasteiger partial charge in [0.1, 0.15) is 11.3 Å². The molecule has 3 heterocycles. The van der Waals surface area contributed by atoms with E-state index in [0.717, 1.165) is 35.4 Å². The molecular weight excluding hydrogens is 276 g/mol. The van der Waals surface area contributed by atoms with Crippen LogP contribution in [0, 0.1) is 0 Å². The highest BCUT2D eigenvalue weighted by molar-refractivity contribution is 5.80. The van der Waals surface area contributed by atoms with Gasteiger partial charge in [-0.1, -0.05) is 6.92 Å². The van der Waals surface area contributed by atoms with E-state index in [9.17, 15) is 0 Å². The number of hydrogen-bond donors (Lipinski definition) is 1. The van der Waals surface area contributed by atoms with Gasteiger partial charge in [0.2, 0.25) is 0 Å². The van der Waals surface area contributed by atoms with Crippen LogP contribution in [0.25, 0.3) is 22.4 Å². The normalized spacial score (nSPS) is 17.6. The molecule has 5 nitrogen and oxygen atoms in total. The lowest BCUT2D eigenvalue weighted by Gasteiger charge is -2.19. The van der Waals surface area contributed by atoms with Crippen LogP contribution < -0.4 is 5.32 Å². The van der Waals surface area contributed by atoms with Crippen molar-refractivity contribution in [1.29, 1.82) is 0 Å². The number of aryl methyl sites for hydroxylation is 1. The maximum atomic E-state index is 5.65. The molecule has 3 aromatic rings. The minimum Gasteiger partial charge on any atom is -0.424 e. The summed E-state index contributed by atoms with van der Waals surface area (Å²) in [5.74, 6) is 1.74. The second-order valence-electron chi connectivity index (χ2n) is 5.95. The predicted molar refractivity (Wildman–Crippen MR) is 87.0 cm³/mol. The van der Waals surface area contributed by atoms with Crippen LogP contribution in [-0.4, -0.2) is 21.1 Å². The Kier molecular flexibility index (Phi) is 3.13. The highest BCUT2D eigenvalue weighted by Crippen LogP contribution is 2.31. The Bertz CT molecular complexity index is 817. The molecule has 1 aromatic carbocycles. The standard InChI is InChI=1S/C17H20N4O/c1-3-18-17-20-13-9-12(6-7-15(13)22-17)14-10-21-8-4-5-11(2)16(21)19-14/h6-7,9-11H,3-5,8H2,1-2H3,(H,18,20). The van der Waals surface area contributed by atoms with E-state index < -0.39 is 0 Å². The molecule has 0 spiro atoms. The van der Waals surface area contributed by atoms with Gasteiger partial charge in [-0.25, -0.2) is 4.98 Å². The number of fused-ring (bicyclic) bond motifs is 2. The van der Waals surface area contributed by atoms with Gasteiger partial charge < -0.3 is 14.3 Å². The van der Waals surface area contributed by atoms with Gasteiger partial charge in [0.05, 0.1) is 5.69 Å². The molecule has 1 aliphatic heterocycles. The third kappa shape index (κ3) is 2.17. The summed E-state index contributed by atoms with van der Waals surface area (Å²) in [4.78, 5) is 9.31. The van der Waals surface area contributed by atoms with Crippen LogP contribution in [0.1, 0.15) is 38.4 Å². The van der Waals surface area contributed by atoms with Crippen molar-refractivity contribution in [3.05, 3.63) is 30.2 Å². The summed E-state index contributed by atoms with van der Waals surface area (Å²) in [6.45, 7) is 6.15. The molecule has 22 heavy (non-hydrogen) atoms. The Balaban J connectivity index is 1.74. The Morgan fingerprint density at radius 2 is 2.27 bits per heavy atom. The van der Waals surface area contributed by atoms with Crippen LogP contribution in [-0.2, 0) is 6.54 Å². The molecular formula is C17H20N4O. The van der Waals surface area contributed by atoms with Crippen molar-refractivity contribution in [3.63, 3.8) is 0 Å². The zero-order chi connectivity index (χ0) is 15.1. The van der Waals surface area contributed by atoms with Gasteiger partial charge >= 0.3 is 0 Å². The summed E-state index contributed by atoms with van der Waals surface area (Å²) in [5.41, 5.74) is 3.79. The smallest absolute Gasteiger partial charge is 0.295 e. The van der Waals surface area contributed by atoms with Crippen molar-refractivity contribution in [2.45, 2.75) is 39.2 Å². The van der Waals surface area contributed by atoms with Gasteiger partial charge in [0.15, 0.2) is 5.58 Å². The molecule has 0 amide bonds. The summed E-state index contributed by atoms with van der Waals surface area (Å²) < 4.78 is 7.94. The Labute approximate surface area is 129 Å². The van der Waals surface area contributed by atoms with Gasteiger partial charge in [0.25, 0.3) is 6.01 Å². The molecule has 1 unspecified atom stereocenters. The van der Waals surface area contributed by atoms with E-state index in [0.29, 0.717) is 11.9 Å². The Hall–Kier alpha value is -2.30. The maximum absolute atomic E-state index is 5.65. The van der Waals surface area contributed by atoms with Crippen molar-refractivity contribution >= 4 is 17.1 Å². The van der Waals surface area contributed by atoms with Crippen molar-refractivity contribution in [2.24, 2.45) is 0 Å². The van der Waals surface area contributed by atoms with Crippen molar-refractivity contribution in [2.75, 3.05) is 11.9 Å². The number of anilines is 1. The lowest BCUT2D eigenvalue weighted by Crippen LogP contribution is -2.12. The first kappa shape index (κ1) is 13.4. The second kappa shape index (κ2) is 5.16. The average Bonchev–Trinajstić information content (AvgIpc) is 3.10. The van der Waals surface area contributed by atoms with E-state index in [1.54, 1.807) is 0 Å². The number of nitrogens with zero attached hydrogens (tertiary/aromatic N) is 3. The van der Waals surface area contributed by atoms with E-state index in [-0.39, 0.29) is 0 Å². The topological polar surface area (TPSA) is 55.9 Å². The van der Waals surface area contributed by atoms with E-state index in [1.807, 2.05) is 13.0 Å². The fourth-order valence-corrected chi connectivity index (χ4v) is 3.15. The lowest BCUT2D eigenvalue weighted by molar-refractivity contribution is 0.463. The van der Waals surface area contributed by atoms with Crippen molar-refractivity contribution in [1.82, 2.24) is 14.5 Å². The molecule has 0 radical (unpaired) electrons. The second-order valence-corrected chi connectivity index (χ2v) is 5.95. The molecule has 114 valence electrons. The number of hydrogen-bond acceptors (Lipinski definition) is 4. The summed E-state index contributed by atoms with van der Waals surface area (Å²) in [6, 6.07) is 6.66. The summed E-state index contributed by atoms with van der Waals surface area (Å²) in [6.07, 6.45) is 4.63. The van der Waals surface area contributed by atoms with Crippen molar-refractivity contribution < 1.29 is 4.42 Å². The number of nitrogens with one attached hydrogen (secondary N) is 1. The molecule has 5 heteroatoms. The molecule has 0 aliphatic carbocycles. The van der Waals surface area contributed by atoms with Crippen LogP contribution in [0.5, 0.6) is 0 Å². The third-order valence-electron chi connectivity index (χ3n) is 4.30. The third-order valence-corrected chi connectivity index (χ3v) is 4.30. The van der Waals surface area contributed by atoms with Crippen molar-refractivity contribution in [3.8, 4) is 11.3 Å². The lowest BCUT2D eigenvalue weighted by atomic mass is 10.0. The molecule has 0 saturated carbocycles. The monoisotopic (exact) mass is 296 g/mol. The summed E-state index contributed by atoms with van der Waals surface area (Å²) >= 11 is 0. The zero-order valence-corrected chi connectivity index (χ0v) is 13.0. The van der Waals surface area contributed by atoms with Crippen LogP contribution in [0.4, 0.5) is 6.01 Å². The number of benzene rings is 1. The van der Waals surface area contributed by atoms with E-state index in [4.69, 9.17) is 9.40 Å². The van der Waals surface area contributed by atoms with Crippen LogP contribution in [0.15, 0.2) is 28.8 Å². The van der Waals surface area contributed by atoms with Crippen LogP contribution >= 0.6 is 0 Å². The predicted octanol–water partition coefficient (Wildman–Crippen LogP) is 4.02. The number of aromatic nitrogens is 3. The molecule has 4 rings (SSSR count). The Morgan fingerprint density at radius 3 is 3.09 bits per heavy atom. The van der Waals surface area contributed by atoms with Gasteiger partial charge in [-0.15, -0.1) is 0 Å². The summed E-state index contributed by atoms with van der Waals surface area (Å²) in [5, 5.41) is 3.10. The molecule has 1 aliphatic rings. The summed E-state index contributed by atoms with van der Waals surface area (Å²) in [7, 11) is 0. The largest absolute Gasteiger partial charge is 0.424 e. The van der Waals surface area contributed by atoms with Crippen LogP contribution in [0.3, 0.4) is 0 Å². The SMILES string of the molecule is CCNc1nc2cc(-c3cn4c(n3)C(C)CCC4)ccc2o1. The molecule has 0 fully saturated rings. The quantitative estimate of drug-likeness (QED) is 0.793. The number of rotatable bonds is 3. The first-order valence-electron chi connectivity index (χ1n) is 7.96. The first-order valence-corrected chi connectivity index (χ1v) is 7.96. The highest BCUT2D eigenvalue weighted by Gasteiger charge is 2.20. The minimum absolute atomic E-state index is 0.540. The van der Waals surface area contributed by atoms with Gasteiger partial charge in [-0.3, -0.25) is 0 Å². The van der Waals surface area contributed by atoms with Gasteiger partial charge in [0, 0.05) is 30.8 Å². The molecule has 1 N–H and O–H groups in total. The van der Waals surface area contributed by atoms with Crippen LogP contribution in [0.2, 0.25) is 0 Å². The first-order chi connectivity index (χ1) is 10.7.